The zero-order valence-corrected chi connectivity index (χ0v) is 17.1. The summed E-state index contributed by atoms with van der Waals surface area (Å²) in [4.78, 5) is 15.6. The number of nitriles is 1. The Balaban J connectivity index is 1.59. The van der Waals surface area contributed by atoms with Crippen LogP contribution in [0.5, 0.6) is 0 Å². The number of rotatable bonds is 6. The minimum atomic E-state index is -0.439. The molecule has 0 unspecified atom stereocenters. The molecule has 0 radical (unpaired) electrons. The van der Waals surface area contributed by atoms with Crippen molar-refractivity contribution >= 4 is 34.3 Å². The molecule has 0 fully saturated rings. The van der Waals surface area contributed by atoms with E-state index < -0.39 is 6.03 Å². The smallest absolute Gasteiger partial charge is 0.340 e. The fourth-order valence-electron chi connectivity index (χ4n) is 3.43. The van der Waals surface area contributed by atoms with Gasteiger partial charge in [-0.15, -0.1) is 11.3 Å². The van der Waals surface area contributed by atoms with E-state index in [2.05, 4.69) is 40.7 Å². The summed E-state index contributed by atoms with van der Waals surface area (Å²) in [5.74, 6) is 0. The number of carbonyl (C=O) groups excluding carboxylic acids is 1. The molecule has 1 aliphatic rings. The molecule has 1 aromatic carbocycles. The minimum absolute atomic E-state index is 0.439. The van der Waals surface area contributed by atoms with E-state index in [0.717, 1.165) is 49.9 Å². The monoisotopic (exact) mass is 395 g/mol. The van der Waals surface area contributed by atoms with Gasteiger partial charge in [0.15, 0.2) is 0 Å². The van der Waals surface area contributed by atoms with Gasteiger partial charge >= 0.3 is 6.03 Å². The fourth-order valence-corrected chi connectivity index (χ4v) is 4.66. The van der Waals surface area contributed by atoms with Gasteiger partial charge in [-0.05, 0) is 62.8 Å². The molecule has 6 nitrogen and oxygen atoms in total. The van der Waals surface area contributed by atoms with Gasteiger partial charge in [0, 0.05) is 23.7 Å². The van der Waals surface area contributed by atoms with Crippen molar-refractivity contribution in [3.8, 4) is 6.07 Å². The van der Waals surface area contributed by atoms with Gasteiger partial charge in [-0.1, -0.05) is 12.1 Å². The topological polar surface area (TPSA) is 80.5 Å². The summed E-state index contributed by atoms with van der Waals surface area (Å²) in [6, 6.07) is 9.83. The van der Waals surface area contributed by atoms with E-state index in [9.17, 15) is 10.1 Å². The van der Waals surface area contributed by atoms with Gasteiger partial charge in [0.25, 0.3) is 0 Å². The van der Waals surface area contributed by atoms with Crippen LogP contribution in [0.4, 0.5) is 15.5 Å². The number of nitrogens with one attached hydrogen (secondary N) is 2. The third-order valence-electron chi connectivity index (χ3n) is 4.91. The molecule has 28 heavy (non-hydrogen) atoms. The van der Waals surface area contributed by atoms with Crippen LogP contribution in [0.2, 0.25) is 0 Å². The van der Waals surface area contributed by atoms with Crippen molar-refractivity contribution in [2.75, 3.05) is 23.3 Å². The van der Waals surface area contributed by atoms with Gasteiger partial charge in [0.05, 0.1) is 11.8 Å². The molecule has 1 heterocycles. The van der Waals surface area contributed by atoms with E-state index in [-0.39, 0.29) is 0 Å². The highest BCUT2D eigenvalue weighted by molar-refractivity contribution is 7.16. The number of hydrogen-bond donors (Lipinski definition) is 2. The number of amides is 2. The molecule has 2 N–H and O–H groups in total. The lowest BCUT2D eigenvalue weighted by Gasteiger charge is -2.20. The quantitative estimate of drug-likeness (QED) is 0.558. The zero-order chi connectivity index (χ0) is 19.9. The van der Waals surface area contributed by atoms with Crippen LogP contribution in [0.15, 0.2) is 29.4 Å². The minimum Gasteiger partial charge on any atom is -0.372 e. The predicted molar refractivity (Wildman–Crippen MR) is 115 cm³/mol. The molecule has 1 aliphatic carbocycles. The molecule has 0 saturated heterocycles. The van der Waals surface area contributed by atoms with Crippen LogP contribution >= 0.6 is 11.3 Å². The van der Waals surface area contributed by atoms with Crippen molar-refractivity contribution in [2.45, 2.75) is 39.5 Å². The number of anilines is 2. The largest absolute Gasteiger partial charge is 0.372 e. The van der Waals surface area contributed by atoms with E-state index in [4.69, 9.17) is 0 Å². The number of hydrogen-bond acceptors (Lipinski definition) is 5. The molecule has 1 aromatic heterocycles. The lowest BCUT2D eigenvalue weighted by molar-refractivity contribution is 0.252. The molecule has 2 amide bonds. The summed E-state index contributed by atoms with van der Waals surface area (Å²) in [7, 11) is 0. The normalized spacial score (nSPS) is 13.0. The lowest BCUT2D eigenvalue weighted by atomic mass is 9.96. The Morgan fingerprint density at radius 3 is 2.64 bits per heavy atom. The first-order chi connectivity index (χ1) is 13.7. The molecule has 2 aromatic rings. The average molecular weight is 396 g/mol. The summed E-state index contributed by atoms with van der Waals surface area (Å²) < 4.78 is 0. The van der Waals surface area contributed by atoms with Gasteiger partial charge in [0.2, 0.25) is 0 Å². The maximum Gasteiger partial charge on any atom is 0.340 e. The number of aryl methyl sites for hydroxylation is 1. The molecular weight excluding hydrogens is 370 g/mol. The Labute approximate surface area is 169 Å². The van der Waals surface area contributed by atoms with E-state index in [1.165, 1.54) is 21.9 Å². The summed E-state index contributed by atoms with van der Waals surface area (Å²) in [5.41, 5.74) is 6.25. The first-order valence-electron chi connectivity index (χ1n) is 9.66. The molecule has 0 atom stereocenters. The standard InChI is InChI=1S/C21H25N5OS/c1-3-26(4-2)16-11-9-15(10-12-16)14-23-25-21(27)24-20-18(13-22)17-7-5-6-8-19(17)28-20/h9-12,14H,3-8H2,1-2H3,(H2,24,25,27)/b23-14+. The van der Waals surface area contributed by atoms with E-state index in [1.807, 2.05) is 24.3 Å². The van der Waals surface area contributed by atoms with Crippen LogP contribution in [0.3, 0.4) is 0 Å². The number of urea groups is 1. The van der Waals surface area contributed by atoms with Gasteiger partial charge in [0.1, 0.15) is 11.1 Å². The third kappa shape index (κ3) is 4.52. The molecule has 0 aliphatic heterocycles. The Hall–Kier alpha value is -2.85. The highest BCUT2D eigenvalue weighted by atomic mass is 32.1. The second kappa shape index (κ2) is 9.38. The van der Waals surface area contributed by atoms with Crippen LogP contribution in [-0.2, 0) is 12.8 Å². The Kier molecular flexibility index (Phi) is 6.66. The Morgan fingerprint density at radius 2 is 1.96 bits per heavy atom. The van der Waals surface area contributed by atoms with Crippen molar-refractivity contribution in [2.24, 2.45) is 5.10 Å². The van der Waals surface area contributed by atoms with Crippen molar-refractivity contribution in [1.29, 1.82) is 5.26 Å². The van der Waals surface area contributed by atoms with Gasteiger partial charge in [-0.25, -0.2) is 10.2 Å². The van der Waals surface area contributed by atoms with E-state index in [1.54, 1.807) is 6.21 Å². The van der Waals surface area contributed by atoms with Crippen LogP contribution in [0, 0.1) is 11.3 Å². The third-order valence-corrected chi connectivity index (χ3v) is 6.12. The molecular formula is C21H25N5OS. The molecule has 0 saturated carbocycles. The first-order valence-corrected chi connectivity index (χ1v) is 10.5. The second-order valence-electron chi connectivity index (χ2n) is 6.61. The highest BCUT2D eigenvalue weighted by Crippen LogP contribution is 2.37. The second-order valence-corrected chi connectivity index (χ2v) is 7.72. The summed E-state index contributed by atoms with van der Waals surface area (Å²) in [5, 5.41) is 16.8. The van der Waals surface area contributed by atoms with Crippen molar-refractivity contribution in [3.05, 3.63) is 45.8 Å². The Morgan fingerprint density at radius 1 is 1.25 bits per heavy atom. The van der Waals surface area contributed by atoms with Crippen molar-refractivity contribution in [3.63, 3.8) is 0 Å². The van der Waals surface area contributed by atoms with Crippen LogP contribution in [0.1, 0.15) is 48.3 Å². The average Bonchev–Trinajstić information content (AvgIpc) is 3.06. The number of fused-ring (bicyclic) bond motifs is 1. The van der Waals surface area contributed by atoms with Gasteiger partial charge in [-0.2, -0.15) is 10.4 Å². The molecule has 7 heteroatoms. The van der Waals surface area contributed by atoms with E-state index in [0.29, 0.717) is 10.6 Å². The van der Waals surface area contributed by atoms with Crippen LogP contribution in [0.25, 0.3) is 0 Å². The molecule has 146 valence electrons. The lowest BCUT2D eigenvalue weighted by Crippen LogP contribution is -2.24. The first kappa shape index (κ1) is 19.9. The fraction of sp³-hybridized carbons (Fsp3) is 0.381. The maximum absolute atomic E-state index is 12.2. The summed E-state index contributed by atoms with van der Waals surface area (Å²) >= 11 is 1.50. The van der Waals surface area contributed by atoms with Crippen LogP contribution in [-0.4, -0.2) is 25.3 Å². The Bertz CT molecular complexity index is 891. The number of hydrazone groups is 1. The molecule has 3 rings (SSSR count). The van der Waals surface area contributed by atoms with Gasteiger partial charge < -0.3 is 4.90 Å². The number of nitrogens with zero attached hydrogens (tertiary/aromatic N) is 3. The maximum atomic E-state index is 12.2. The SMILES string of the molecule is CCN(CC)c1ccc(/C=N/NC(=O)Nc2sc3c(c2C#N)CCCC3)cc1. The molecule has 0 spiro atoms. The number of carbonyl (C=O) groups is 1. The summed E-state index contributed by atoms with van der Waals surface area (Å²) in [6.07, 6.45) is 5.75. The van der Waals surface area contributed by atoms with Crippen molar-refractivity contribution in [1.82, 2.24) is 5.43 Å². The highest BCUT2D eigenvalue weighted by Gasteiger charge is 2.21. The zero-order valence-electron chi connectivity index (χ0n) is 16.3. The van der Waals surface area contributed by atoms with Crippen molar-refractivity contribution < 1.29 is 4.79 Å². The van der Waals surface area contributed by atoms with Crippen LogP contribution < -0.4 is 15.6 Å². The predicted octanol–water partition coefficient (Wildman–Crippen LogP) is 4.50. The van der Waals surface area contributed by atoms with E-state index >= 15 is 0 Å². The number of benzene rings is 1. The molecule has 0 bridgehead atoms. The number of thiophene rings is 1. The summed E-state index contributed by atoms with van der Waals surface area (Å²) in [6.45, 7) is 6.18. The van der Waals surface area contributed by atoms with Gasteiger partial charge in [-0.3, -0.25) is 5.32 Å².